The quantitative estimate of drug-likeness (QED) is 0.0557. The van der Waals surface area contributed by atoms with Crippen LogP contribution < -0.4 is 19.6 Å². The van der Waals surface area contributed by atoms with E-state index < -0.39 is 144 Å². The summed E-state index contributed by atoms with van der Waals surface area (Å²) in [7, 11) is 0. The van der Waals surface area contributed by atoms with Gasteiger partial charge in [0.15, 0.2) is 0 Å². The summed E-state index contributed by atoms with van der Waals surface area (Å²) < 4.78 is 255. The lowest BCUT2D eigenvalue weighted by Crippen LogP contribution is -2.14. The van der Waals surface area contributed by atoms with E-state index in [2.05, 4.69) is 0 Å². The lowest BCUT2D eigenvalue weighted by Gasteiger charge is -2.31. The van der Waals surface area contributed by atoms with Gasteiger partial charge in [0.05, 0.1) is 72.9 Å². The second kappa shape index (κ2) is 37.5. The monoisotopic (exact) mass is 1870 g/mol. The Labute approximate surface area is 859 Å². The molecule has 0 heterocycles. The average Bonchev–Trinajstić information content (AvgIpc) is 0.707. The van der Waals surface area contributed by atoms with Gasteiger partial charge in [0, 0.05) is 66.5 Å². The van der Waals surface area contributed by atoms with E-state index in [1.54, 1.807) is 24.3 Å². The molecule has 0 saturated heterocycles. The molecule has 686 valence electrons. The molecule has 0 fully saturated rings. The van der Waals surface area contributed by atoms with E-state index in [0.29, 0.717) is 131 Å². The van der Waals surface area contributed by atoms with Gasteiger partial charge in [-0.25, -0.2) is 17.6 Å². The summed E-state index contributed by atoms with van der Waals surface area (Å²) in [6, 6.07) is 92.6. The van der Waals surface area contributed by atoms with Crippen molar-refractivity contribution in [1.82, 2.24) is 0 Å². The van der Waals surface area contributed by atoms with Crippen LogP contribution in [0.15, 0.2) is 467 Å². The fourth-order valence-corrected chi connectivity index (χ4v) is 20.0. The van der Waals surface area contributed by atoms with E-state index in [0.717, 1.165) is 61.2 Å². The van der Waals surface area contributed by atoms with Crippen molar-refractivity contribution < 1.29 is 45.0 Å². The summed E-state index contributed by atoms with van der Waals surface area (Å²) in [5.41, 5.74) is 15.4. The molecule has 0 atom stereocenters. The highest BCUT2D eigenvalue weighted by Gasteiger charge is 2.33. The Morgan fingerprint density at radius 2 is 0.399 bits per heavy atom. The fraction of sp³-hybridized carbons (Fsp3) is 0.0519. The summed E-state index contributed by atoms with van der Waals surface area (Å²) in [5.74, 6) is -2.93. The first-order chi connectivity index (χ1) is 78.2. The van der Waals surface area contributed by atoms with Crippen LogP contribution in [0, 0.1) is 71.7 Å². The van der Waals surface area contributed by atoms with Crippen LogP contribution in [-0.2, 0) is 0 Å². The molecule has 0 aliphatic carbocycles. The van der Waals surface area contributed by atoms with Crippen molar-refractivity contribution in [2.45, 2.75) is 48.5 Å². The molecule has 0 aromatic heterocycles. The van der Waals surface area contributed by atoms with Crippen LogP contribution in [0.1, 0.15) is 66.4 Å². The Hall–Kier alpha value is -17.7. The zero-order valence-corrected chi connectivity index (χ0v) is 78.7. The Bertz CT molecular complexity index is 9890. The molecule has 0 spiro atoms. The number of rotatable bonds is 20. The normalized spacial score (nSPS) is 13.4. The van der Waals surface area contributed by atoms with E-state index in [9.17, 15) is 11.0 Å². The summed E-state index contributed by atoms with van der Waals surface area (Å²) in [6.45, 7) is 13.6. The highest BCUT2D eigenvalue weighted by molar-refractivity contribution is 6.30. The van der Waals surface area contributed by atoms with Gasteiger partial charge in [-0.2, -0.15) is 0 Å². The predicted molar refractivity (Wildman–Crippen MR) is 596 cm³/mol. The van der Waals surface area contributed by atoms with Gasteiger partial charge in [-0.1, -0.05) is 384 Å². The molecule has 0 radical (unpaired) electrons. The van der Waals surface area contributed by atoms with Gasteiger partial charge >= 0.3 is 0 Å². The Kier molecular flexibility index (Phi) is 18.2. The fourth-order valence-electron chi connectivity index (χ4n) is 20.0. The van der Waals surface area contributed by atoms with Crippen molar-refractivity contribution in [3.63, 3.8) is 0 Å². The second-order valence-corrected chi connectivity index (χ2v) is 36.3. The zero-order valence-electron chi connectivity index (χ0n) is 98.7. The maximum Gasteiger partial charge on any atom is 0.148 e. The summed E-state index contributed by atoms with van der Waals surface area (Å²) in [5, 5.41) is 7.17. The largest absolute Gasteiger partial charge is 0.307 e. The molecule has 8 heteroatoms. The van der Waals surface area contributed by atoms with Gasteiger partial charge in [0.2, 0.25) is 0 Å². The number of hydrogen-bond donors (Lipinski definition) is 0. The van der Waals surface area contributed by atoms with E-state index >= 15 is 17.6 Å². The van der Waals surface area contributed by atoms with E-state index in [-0.39, 0.29) is 68.2 Å². The van der Waals surface area contributed by atoms with Crippen LogP contribution in [0.5, 0.6) is 0 Å². The molecular weight excluding hydrogens is 1750 g/mol. The zero-order chi connectivity index (χ0) is 115. The standard InChI is InChI=1S/C68H50F2N2.C67H48F2N2/c1-43-15-23-47(24-16-43)53-39-59(49-27-19-45(3)20-28-49)67(61(69)41-53)71(55-11-7-5-8-12-55)63-37-33-51-32-36-58-64(38-34-52-31-35-57(63)65(51)66(52)58)72(56-13-9-6-10-14-56)68-60(50-29-21-46(4)22-30-50)40-54(42-62(68)70)48-25-17-44(2)18-26-48;1-43-16-13-21-49(36-43)52-39-58(46-19-7-4-8-20-46)66(60(68)41-52)70(54-24-9-5-10-25-54)62-34-30-47-29-33-57-63(35-31-48-28-32-56(62)64(47)65(48)57)71(55-26-11-6-12-27-55)67-59(51-23-15-18-45(3)38-51)40-53(42-61(67)69)50-22-14-17-44(2)37-50/h5-42H,1-4H3;4-42H,1-3H3/i5D,6D,7D,8D,9D,10D,11D,12D,13D,14D;5D,6D,9D,10D,11D,12D,24D,25D,26D,27D. The number of halogens is 4. The molecule has 0 aliphatic heterocycles. The van der Waals surface area contributed by atoms with Crippen molar-refractivity contribution in [2.24, 2.45) is 0 Å². The molecule has 0 unspecified atom stereocenters. The summed E-state index contributed by atoms with van der Waals surface area (Å²) in [6.07, 6.45) is 0. The van der Waals surface area contributed by atoms with Gasteiger partial charge < -0.3 is 19.6 Å². The molecule has 143 heavy (non-hydrogen) atoms. The number of anilines is 12. The first kappa shape index (κ1) is 69.2. The molecule has 24 rings (SSSR count). The number of benzene rings is 24. The van der Waals surface area contributed by atoms with Crippen molar-refractivity contribution in [2.75, 3.05) is 19.6 Å². The highest BCUT2D eigenvalue weighted by Crippen LogP contribution is 2.57. The Balaban J connectivity index is 0.000000175. The SMILES string of the molecule is [2H]c1c([2H])c([2H])c(N(c2c(F)cc(-c3ccc(C)cc3)cc2-c2ccc(C)cc2)c2ccc3ccc4c(N(c5c(F)cc(-c6ccc(C)cc6)cc5-c5ccc(C)cc5)c5c([2H])c([2H])c([2H])c([2H])c5[2H])ccc5ccc2c3c54)c([2H])c1[2H].[2H]c1c([2H])c([2H])c(N(c2c(F)cc(-c3cccc(C)c3)cc2-c2ccccc2)c2ccc3ccc4c(N(c5c(F)cc(-c6cccc(C)c6)cc5-c5cccc(C)c5)c5c([2H])c([2H])c([2H])c([2H])c5[2H])ccc5ccc2c3c54)c([2H])c1[2H]. The van der Waals surface area contributed by atoms with Crippen molar-refractivity contribution in [3.8, 4) is 89.0 Å². The maximum absolute atomic E-state index is 18.2. The third kappa shape index (κ3) is 16.8. The smallest absolute Gasteiger partial charge is 0.148 e. The maximum atomic E-state index is 18.2. The predicted octanol–water partition coefficient (Wildman–Crippen LogP) is 39.1. The van der Waals surface area contributed by atoms with Crippen molar-refractivity contribution in [3.05, 3.63) is 529 Å². The minimum absolute atomic E-state index is 0.0726. The summed E-state index contributed by atoms with van der Waals surface area (Å²) >= 11 is 0. The molecule has 4 nitrogen and oxygen atoms in total. The van der Waals surface area contributed by atoms with Gasteiger partial charge in [-0.05, 0) is 279 Å². The molecule has 0 aliphatic rings. The van der Waals surface area contributed by atoms with Gasteiger partial charge in [0.25, 0.3) is 0 Å². The first-order valence-electron chi connectivity index (χ1n) is 57.0. The van der Waals surface area contributed by atoms with Crippen molar-refractivity contribution in [1.29, 1.82) is 0 Å². The van der Waals surface area contributed by atoms with Crippen LogP contribution in [0.25, 0.3) is 154 Å². The van der Waals surface area contributed by atoms with Crippen LogP contribution in [0.3, 0.4) is 0 Å². The lowest BCUT2D eigenvalue weighted by molar-refractivity contribution is 0.629. The topological polar surface area (TPSA) is 13.0 Å². The third-order valence-corrected chi connectivity index (χ3v) is 26.8. The Morgan fingerprint density at radius 1 is 0.175 bits per heavy atom. The number of hydrogen-bond acceptors (Lipinski definition) is 4. The van der Waals surface area contributed by atoms with E-state index in [1.165, 1.54) is 43.9 Å². The minimum Gasteiger partial charge on any atom is -0.307 e. The lowest BCUT2D eigenvalue weighted by atomic mass is 9.90. The molecule has 0 bridgehead atoms. The number of nitrogens with zero attached hydrogens (tertiary/aromatic N) is 4. The van der Waals surface area contributed by atoms with Crippen LogP contribution in [0.2, 0.25) is 0 Å². The molecular formula is C135H98F4N4. The molecule has 24 aromatic carbocycles. The summed E-state index contributed by atoms with van der Waals surface area (Å²) in [4.78, 5) is 5.70. The first-order valence-corrected chi connectivity index (χ1v) is 47.0. The number of para-hydroxylation sites is 4. The van der Waals surface area contributed by atoms with Crippen LogP contribution in [0.4, 0.5) is 85.8 Å². The minimum atomic E-state index is -0.734. The average molecular weight is 1870 g/mol. The van der Waals surface area contributed by atoms with Crippen molar-refractivity contribution >= 4 is 133 Å². The second-order valence-electron chi connectivity index (χ2n) is 36.3. The van der Waals surface area contributed by atoms with Gasteiger partial charge in [0.1, 0.15) is 23.3 Å². The van der Waals surface area contributed by atoms with Crippen LogP contribution in [-0.4, -0.2) is 0 Å². The van der Waals surface area contributed by atoms with E-state index in [1.807, 2.05) is 346 Å². The number of aryl methyl sites for hydroxylation is 7. The van der Waals surface area contributed by atoms with Gasteiger partial charge in [-0.3, -0.25) is 0 Å². The highest BCUT2D eigenvalue weighted by atomic mass is 19.1. The molecule has 0 saturated carbocycles. The van der Waals surface area contributed by atoms with Crippen LogP contribution >= 0.6 is 0 Å². The molecule has 0 N–H and O–H groups in total. The third-order valence-electron chi connectivity index (χ3n) is 26.8. The van der Waals surface area contributed by atoms with Gasteiger partial charge in [-0.15, -0.1) is 0 Å². The Morgan fingerprint density at radius 3 is 0.671 bits per heavy atom. The van der Waals surface area contributed by atoms with E-state index in [4.69, 9.17) is 16.4 Å². The molecule has 24 aromatic rings. The molecule has 0 amide bonds.